The zero-order chi connectivity index (χ0) is 15.8. The molecule has 1 aromatic carbocycles. The van der Waals surface area contributed by atoms with Crippen molar-refractivity contribution in [1.82, 2.24) is 4.31 Å². The molecular weight excluding hydrogens is 372 g/mol. The van der Waals surface area contributed by atoms with Crippen LogP contribution in [0.25, 0.3) is 0 Å². The van der Waals surface area contributed by atoms with Gasteiger partial charge >= 0.3 is 5.97 Å². The van der Waals surface area contributed by atoms with Crippen LogP contribution in [0.15, 0.2) is 21.5 Å². The summed E-state index contributed by atoms with van der Waals surface area (Å²) in [6.45, 7) is -0.0114. The summed E-state index contributed by atoms with van der Waals surface area (Å²) in [5.41, 5.74) is 0. The quantitative estimate of drug-likeness (QED) is 0.869. The topological polar surface area (TPSA) is 74.7 Å². The van der Waals surface area contributed by atoms with Gasteiger partial charge in [-0.2, -0.15) is 4.31 Å². The third-order valence-electron chi connectivity index (χ3n) is 3.27. The number of hydrogen-bond donors (Lipinski definition) is 1. The SMILES string of the molecule is O=C(O)[C@H]1CCCCN1S(=O)(=O)c1c(F)cc(F)cc1Br. The van der Waals surface area contributed by atoms with Crippen molar-refractivity contribution in [2.45, 2.75) is 30.2 Å². The van der Waals surface area contributed by atoms with Gasteiger partial charge in [0.15, 0.2) is 0 Å². The van der Waals surface area contributed by atoms with Gasteiger partial charge < -0.3 is 5.11 Å². The molecule has 0 spiro atoms. The van der Waals surface area contributed by atoms with Crippen LogP contribution in [-0.4, -0.2) is 36.4 Å². The van der Waals surface area contributed by atoms with Gasteiger partial charge in [-0.05, 0) is 41.3 Å². The van der Waals surface area contributed by atoms with Crippen molar-refractivity contribution in [2.24, 2.45) is 0 Å². The van der Waals surface area contributed by atoms with Crippen LogP contribution in [0.4, 0.5) is 8.78 Å². The lowest BCUT2D eigenvalue weighted by Crippen LogP contribution is -2.48. The van der Waals surface area contributed by atoms with E-state index in [0.29, 0.717) is 18.9 Å². The van der Waals surface area contributed by atoms with Crippen molar-refractivity contribution in [3.8, 4) is 0 Å². The number of sulfonamides is 1. The van der Waals surface area contributed by atoms with Crippen molar-refractivity contribution in [3.05, 3.63) is 28.2 Å². The summed E-state index contributed by atoms with van der Waals surface area (Å²) in [4.78, 5) is 10.5. The largest absolute Gasteiger partial charge is 0.480 e. The molecule has 0 unspecified atom stereocenters. The van der Waals surface area contributed by atoms with Crippen LogP contribution in [0.5, 0.6) is 0 Å². The normalized spacial score (nSPS) is 20.4. The molecule has 0 amide bonds. The molecule has 21 heavy (non-hydrogen) atoms. The molecule has 2 rings (SSSR count). The van der Waals surface area contributed by atoms with E-state index in [2.05, 4.69) is 15.9 Å². The summed E-state index contributed by atoms with van der Waals surface area (Å²) >= 11 is 2.82. The Morgan fingerprint density at radius 3 is 2.57 bits per heavy atom. The van der Waals surface area contributed by atoms with Gasteiger partial charge in [0.25, 0.3) is 0 Å². The fourth-order valence-corrected chi connectivity index (χ4v) is 5.10. The zero-order valence-corrected chi connectivity index (χ0v) is 13.1. The standard InChI is InChI=1S/C12H12BrF2NO4S/c13-8-5-7(14)6-9(15)11(8)21(19,20)16-4-2-1-3-10(16)12(17)18/h5-6,10H,1-4H2,(H,17,18)/t10-/m1/s1. The van der Waals surface area contributed by atoms with Gasteiger partial charge in [-0.3, -0.25) is 4.79 Å². The van der Waals surface area contributed by atoms with E-state index >= 15 is 0 Å². The highest BCUT2D eigenvalue weighted by Crippen LogP contribution is 2.32. The lowest BCUT2D eigenvalue weighted by molar-refractivity contribution is -0.142. The van der Waals surface area contributed by atoms with Gasteiger partial charge in [0, 0.05) is 17.1 Å². The molecule has 9 heteroatoms. The molecule has 0 saturated carbocycles. The molecule has 1 atom stereocenters. The summed E-state index contributed by atoms with van der Waals surface area (Å²) < 4.78 is 52.5. The van der Waals surface area contributed by atoms with Gasteiger partial charge in [-0.25, -0.2) is 17.2 Å². The number of piperidine rings is 1. The molecule has 1 aliphatic rings. The molecule has 1 aromatic rings. The first-order chi connectivity index (χ1) is 9.75. The van der Waals surface area contributed by atoms with E-state index in [1.807, 2.05) is 0 Å². The van der Waals surface area contributed by atoms with E-state index in [1.165, 1.54) is 0 Å². The number of aliphatic carboxylic acids is 1. The maximum Gasteiger partial charge on any atom is 0.322 e. The number of carbonyl (C=O) groups is 1. The van der Waals surface area contributed by atoms with Crippen LogP contribution in [0.2, 0.25) is 0 Å². The number of rotatable bonds is 3. The molecule has 5 nitrogen and oxygen atoms in total. The number of hydrogen-bond acceptors (Lipinski definition) is 3. The summed E-state index contributed by atoms with van der Waals surface area (Å²) in [6.07, 6.45) is 1.23. The predicted octanol–water partition coefficient (Wildman–Crippen LogP) is 2.36. The summed E-state index contributed by atoms with van der Waals surface area (Å²) in [7, 11) is -4.37. The fourth-order valence-electron chi connectivity index (χ4n) is 2.33. The number of nitrogens with zero attached hydrogens (tertiary/aromatic N) is 1. The van der Waals surface area contributed by atoms with Crippen LogP contribution in [0.3, 0.4) is 0 Å². The molecule has 1 N–H and O–H groups in total. The summed E-state index contributed by atoms with van der Waals surface area (Å²) in [5, 5.41) is 9.13. The van der Waals surface area contributed by atoms with E-state index < -0.39 is 38.6 Å². The van der Waals surface area contributed by atoms with Crippen LogP contribution in [-0.2, 0) is 14.8 Å². The number of carboxylic acid groups (broad SMARTS) is 1. The second-order valence-electron chi connectivity index (χ2n) is 4.66. The van der Waals surface area contributed by atoms with E-state index in [1.54, 1.807) is 0 Å². The molecule has 116 valence electrons. The van der Waals surface area contributed by atoms with Crippen molar-refractivity contribution in [1.29, 1.82) is 0 Å². The Morgan fingerprint density at radius 2 is 2.00 bits per heavy atom. The molecule has 0 aliphatic carbocycles. The minimum atomic E-state index is -4.37. The van der Waals surface area contributed by atoms with Crippen LogP contribution in [0, 0.1) is 11.6 Å². The van der Waals surface area contributed by atoms with Crippen LogP contribution in [0.1, 0.15) is 19.3 Å². The average molecular weight is 384 g/mol. The maximum absolute atomic E-state index is 13.9. The Balaban J connectivity index is 2.53. The zero-order valence-electron chi connectivity index (χ0n) is 10.7. The number of carboxylic acids is 1. The van der Waals surface area contributed by atoms with Crippen molar-refractivity contribution in [3.63, 3.8) is 0 Å². The third kappa shape index (κ3) is 3.09. The molecule has 0 aromatic heterocycles. The third-order valence-corrected chi connectivity index (χ3v) is 6.14. The number of halogens is 3. The van der Waals surface area contributed by atoms with Gasteiger partial charge in [0.05, 0.1) is 0 Å². The highest BCUT2D eigenvalue weighted by Gasteiger charge is 2.39. The summed E-state index contributed by atoms with van der Waals surface area (Å²) in [6, 6.07) is 0.0488. The molecule has 1 saturated heterocycles. The lowest BCUT2D eigenvalue weighted by Gasteiger charge is -2.32. The Hall–Kier alpha value is -1.06. The fraction of sp³-hybridized carbons (Fsp3) is 0.417. The van der Waals surface area contributed by atoms with Crippen LogP contribution >= 0.6 is 15.9 Å². The minimum Gasteiger partial charge on any atom is -0.480 e. The molecular formula is C12H12BrF2NO4S. The first kappa shape index (κ1) is 16.3. The van der Waals surface area contributed by atoms with E-state index in [9.17, 15) is 22.0 Å². The Bertz CT molecular complexity index is 657. The maximum atomic E-state index is 13.9. The van der Waals surface area contributed by atoms with Gasteiger partial charge in [0.1, 0.15) is 22.6 Å². The van der Waals surface area contributed by atoms with Crippen LogP contribution < -0.4 is 0 Å². The van der Waals surface area contributed by atoms with E-state index in [0.717, 1.165) is 10.4 Å². The monoisotopic (exact) mass is 383 g/mol. The second-order valence-corrected chi connectivity index (χ2v) is 7.35. The van der Waals surface area contributed by atoms with Crippen molar-refractivity contribution >= 4 is 31.9 Å². The Labute approximate surface area is 128 Å². The van der Waals surface area contributed by atoms with Crippen molar-refractivity contribution in [2.75, 3.05) is 6.54 Å². The molecule has 1 fully saturated rings. The molecule has 1 heterocycles. The van der Waals surface area contributed by atoms with E-state index in [4.69, 9.17) is 5.11 Å². The minimum absolute atomic E-state index is 0.0114. The number of benzene rings is 1. The van der Waals surface area contributed by atoms with Gasteiger partial charge in [-0.15, -0.1) is 0 Å². The van der Waals surface area contributed by atoms with Gasteiger partial charge in [0.2, 0.25) is 10.0 Å². The lowest BCUT2D eigenvalue weighted by atomic mass is 10.1. The Kier molecular flexibility index (Phi) is 4.64. The highest BCUT2D eigenvalue weighted by molar-refractivity contribution is 9.10. The van der Waals surface area contributed by atoms with Gasteiger partial charge in [-0.1, -0.05) is 0 Å². The average Bonchev–Trinajstić information content (AvgIpc) is 2.37. The Morgan fingerprint density at radius 1 is 1.33 bits per heavy atom. The molecule has 0 bridgehead atoms. The smallest absolute Gasteiger partial charge is 0.322 e. The first-order valence-electron chi connectivity index (χ1n) is 6.14. The highest BCUT2D eigenvalue weighted by atomic mass is 79.9. The summed E-state index contributed by atoms with van der Waals surface area (Å²) in [5.74, 6) is -3.46. The second kappa shape index (κ2) is 5.98. The molecule has 1 aliphatic heterocycles. The van der Waals surface area contributed by atoms with Crippen molar-refractivity contribution < 1.29 is 27.1 Å². The predicted molar refractivity (Wildman–Crippen MR) is 73.2 cm³/mol. The molecule has 0 radical (unpaired) electrons. The first-order valence-corrected chi connectivity index (χ1v) is 8.37. The van der Waals surface area contributed by atoms with E-state index in [-0.39, 0.29) is 17.4 Å².